The van der Waals surface area contributed by atoms with Crippen molar-refractivity contribution in [3.8, 4) is 18.1 Å². The maximum absolute atomic E-state index is 14.1. The molecule has 4 N–H and O–H groups in total. The van der Waals surface area contributed by atoms with Crippen LogP contribution in [-0.4, -0.2) is 86.0 Å². The summed E-state index contributed by atoms with van der Waals surface area (Å²) in [6.45, 7) is 0.799. The molecule has 2 aliphatic rings. The molecule has 2 fully saturated rings. The van der Waals surface area contributed by atoms with Gasteiger partial charge in [-0.25, -0.2) is 4.98 Å². The average molecular weight is 624 g/mol. The number of nitrogens with zero attached hydrogens (tertiary/aromatic N) is 5. The summed E-state index contributed by atoms with van der Waals surface area (Å²) in [4.78, 5) is 49.1. The lowest BCUT2D eigenvalue weighted by Crippen LogP contribution is -2.65. The number of hydrazine groups is 1. The molecular weight excluding hydrogens is 590 g/mol. The molecule has 2 saturated heterocycles. The van der Waals surface area contributed by atoms with E-state index in [0.29, 0.717) is 11.7 Å². The Morgan fingerprint density at radius 2 is 1.87 bits per heavy atom. The highest BCUT2D eigenvalue weighted by Gasteiger charge is 2.52. The highest BCUT2D eigenvalue weighted by molar-refractivity contribution is 7.22. The lowest BCUT2D eigenvalue weighted by atomic mass is 9.99. The number of rotatable bonds is 10. The Hall–Kier alpha value is -4.96. The zero-order chi connectivity index (χ0) is 31.5. The summed E-state index contributed by atoms with van der Waals surface area (Å²) in [6.07, 6.45) is 5.33. The van der Waals surface area contributed by atoms with Gasteiger partial charge in [0.25, 0.3) is 5.91 Å². The van der Waals surface area contributed by atoms with E-state index in [-0.39, 0.29) is 62.6 Å². The molecule has 3 aromatic carbocycles. The SMILES string of the molecule is C#CCN(C(=O)CNCc1ccccc1)N1CC(=O)N2[C@@H](Cc3ccc(O)cc3)C(=O)N(Cc3cccc4sc(N)nc34)C[C@@H]21. The fraction of sp³-hybridized carbons (Fsp3) is 0.273. The van der Waals surface area contributed by atoms with E-state index >= 15 is 0 Å². The molecule has 3 amide bonds. The number of terminal acetylenes is 1. The molecule has 3 heterocycles. The van der Waals surface area contributed by atoms with Crippen LogP contribution in [0.3, 0.4) is 0 Å². The van der Waals surface area contributed by atoms with E-state index in [1.807, 2.05) is 48.5 Å². The molecule has 45 heavy (non-hydrogen) atoms. The van der Waals surface area contributed by atoms with Gasteiger partial charge in [-0.3, -0.25) is 19.4 Å². The maximum Gasteiger partial charge on any atom is 0.251 e. The molecule has 230 valence electrons. The molecular formula is C33H33N7O4S. The van der Waals surface area contributed by atoms with Gasteiger partial charge in [0, 0.05) is 19.5 Å². The van der Waals surface area contributed by atoms with Gasteiger partial charge >= 0.3 is 0 Å². The predicted octanol–water partition coefficient (Wildman–Crippen LogP) is 2.17. The largest absolute Gasteiger partial charge is 0.508 e. The topological polar surface area (TPSA) is 135 Å². The third-order valence-electron chi connectivity index (χ3n) is 8.10. The van der Waals surface area contributed by atoms with Gasteiger partial charge in [0.15, 0.2) is 5.13 Å². The standard InChI is InChI=1S/C33H33N7O4S/c1-2-15-38(29(42)18-35-17-23-7-4-3-5-8-23)39-21-30(43)40-26(16-22-11-13-25(41)14-12-22)32(44)37(20-28(39)40)19-24-9-6-10-27-31(24)36-33(34)45-27/h1,3-14,26,28,35,41H,15-21H2,(H2,34,36)/t26-,28+/m0/s1. The van der Waals surface area contributed by atoms with Gasteiger partial charge in [0.2, 0.25) is 11.8 Å². The molecule has 4 aromatic rings. The number of benzene rings is 3. The van der Waals surface area contributed by atoms with Crippen LogP contribution in [0.1, 0.15) is 16.7 Å². The zero-order valence-electron chi connectivity index (χ0n) is 24.5. The van der Waals surface area contributed by atoms with E-state index in [1.54, 1.807) is 39.1 Å². The van der Waals surface area contributed by atoms with Gasteiger partial charge < -0.3 is 26.0 Å². The molecule has 0 unspecified atom stereocenters. The molecule has 11 nitrogen and oxygen atoms in total. The number of phenols is 1. The van der Waals surface area contributed by atoms with E-state index in [0.717, 1.165) is 26.9 Å². The van der Waals surface area contributed by atoms with E-state index in [9.17, 15) is 19.5 Å². The van der Waals surface area contributed by atoms with Crippen molar-refractivity contribution in [1.82, 2.24) is 30.1 Å². The van der Waals surface area contributed by atoms with Gasteiger partial charge in [0.1, 0.15) is 18.0 Å². The summed E-state index contributed by atoms with van der Waals surface area (Å²) in [5.74, 6) is 1.92. The zero-order valence-corrected chi connectivity index (χ0v) is 25.3. The fourth-order valence-electron chi connectivity index (χ4n) is 6.01. The number of carbonyl (C=O) groups excluding carboxylic acids is 3. The Labute approximate surface area is 264 Å². The lowest BCUT2D eigenvalue weighted by Gasteiger charge is -2.46. The lowest BCUT2D eigenvalue weighted by molar-refractivity contribution is -0.165. The van der Waals surface area contributed by atoms with Crippen LogP contribution in [0.4, 0.5) is 5.13 Å². The Morgan fingerprint density at radius 1 is 1.09 bits per heavy atom. The second-order valence-electron chi connectivity index (χ2n) is 11.0. The first-order chi connectivity index (χ1) is 21.8. The minimum atomic E-state index is -0.829. The Bertz CT molecular complexity index is 1750. The van der Waals surface area contributed by atoms with Crippen molar-refractivity contribution in [2.75, 3.05) is 31.9 Å². The van der Waals surface area contributed by atoms with Crippen LogP contribution in [0, 0.1) is 12.3 Å². The summed E-state index contributed by atoms with van der Waals surface area (Å²) in [6, 6.07) is 21.2. The number of aromatic hydroxyl groups is 1. The highest BCUT2D eigenvalue weighted by Crippen LogP contribution is 2.32. The number of aromatic nitrogens is 1. The van der Waals surface area contributed by atoms with E-state index in [1.165, 1.54) is 16.3 Å². The number of fused-ring (bicyclic) bond motifs is 2. The van der Waals surface area contributed by atoms with Crippen LogP contribution in [0.5, 0.6) is 5.75 Å². The minimum Gasteiger partial charge on any atom is -0.508 e. The molecule has 0 spiro atoms. The minimum absolute atomic E-state index is 0.0147. The van der Waals surface area contributed by atoms with Crippen LogP contribution in [0.2, 0.25) is 0 Å². The number of thiazole rings is 1. The smallest absolute Gasteiger partial charge is 0.251 e. The Balaban J connectivity index is 1.29. The first kappa shape index (κ1) is 30.1. The molecule has 12 heteroatoms. The third kappa shape index (κ3) is 6.32. The second-order valence-corrected chi connectivity index (χ2v) is 12.1. The number of nitrogens with two attached hydrogens (primary N) is 1. The molecule has 6 rings (SSSR count). The summed E-state index contributed by atoms with van der Waals surface area (Å²) >= 11 is 1.38. The summed E-state index contributed by atoms with van der Waals surface area (Å²) < 4.78 is 0.920. The molecule has 0 aliphatic carbocycles. The first-order valence-corrected chi connectivity index (χ1v) is 15.4. The molecule has 2 aliphatic heterocycles. The predicted molar refractivity (Wildman–Crippen MR) is 171 cm³/mol. The molecule has 1 aromatic heterocycles. The molecule has 0 saturated carbocycles. The third-order valence-corrected chi connectivity index (χ3v) is 8.95. The first-order valence-electron chi connectivity index (χ1n) is 14.6. The fourth-order valence-corrected chi connectivity index (χ4v) is 6.79. The van der Waals surface area contributed by atoms with Crippen molar-refractivity contribution in [2.45, 2.75) is 31.7 Å². The number of piperazine rings is 1. The number of phenolic OH excluding ortho intramolecular Hbond substituents is 1. The maximum atomic E-state index is 14.1. The number of nitrogen functional groups attached to an aromatic ring is 1. The van der Waals surface area contributed by atoms with Crippen molar-refractivity contribution in [2.24, 2.45) is 0 Å². The number of carbonyl (C=O) groups is 3. The quantitative estimate of drug-likeness (QED) is 0.229. The van der Waals surface area contributed by atoms with Crippen molar-refractivity contribution in [1.29, 1.82) is 0 Å². The Kier molecular flexibility index (Phi) is 8.66. The van der Waals surface area contributed by atoms with Gasteiger partial charge in [-0.05, 0) is 34.9 Å². The Morgan fingerprint density at radius 3 is 2.62 bits per heavy atom. The molecule has 2 atom stereocenters. The summed E-state index contributed by atoms with van der Waals surface area (Å²) in [5, 5.41) is 16.6. The van der Waals surface area contributed by atoms with Gasteiger partial charge in [-0.1, -0.05) is 71.9 Å². The summed E-state index contributed by atoms with van der Waals surface area (Å²) in [5.41, 5.74) is 9.39. The van der Waals surface area contributed by atoms with Gasteiger partial charge in [-0.2, -0.15) is 5.01 Å². The highest BCUT2D eigenvalue weighted by atomic mass is 32.1. The number of amides is 3. The van der Waals surface area contributed by atoms with Crippen molar-refractivity contribution in [3.05, 3.63) is 89.5 Å². The van der Waals surface area contributed by atoms with Crippen LogP contribution in [0.15, 0.2) is 72.8 Å². The van der Waals surface area contributed by atoms with Gasteiger partial charge in [0.05, 0.1) is 36.4 Å². The number of hydrogen-bond acceptors (Lipinski definition) is 9. The van der Waals surface area contributed by atoms with E-state index in [2.05, 4.69) is 16.2 Å². The van der Waals surface area contributed by atoms with E-state index in [4.69, 9.17) is 12.2 Å². The van der Waals surface area contributed by atoms with Crippen LogP contribution in [0.25, 0.3) is 10.2 Å². The van der Waals surface area contributed by atoms with Crippen LogP contribution in [-0.2, 0) is 33.9 Å². The average Bonchev–Trinajstić information content (AvgIpc) is 3.58. The van der Waals surface area contributed by atoms with Crippen molar-refractivity contribution in [3.63, 3.8) is 0 Å². The van der Waals surface area contributed by atoms with Crippen molar-refractivity contribution >= 4 is 44.4 Å². The summed E-state index contributed by atoms with van der Waals surface area (Å²) in [7, 11) is 0. The number of para-hydroxylation sites is 1. The van der Waals surface area contributed by atoms with Crippen molar-refractivity contribution < 1.29 is 19.5 Å². The van der Waals surface area contributed by atoms with Crippen LogP contribution >= 0.6 is 11.3 Å². The number of anilines is 1. The number of nitrogens with one attached hydrogen (secondary N) is 1. The van der Waals surface area contributed by atoms with E-state index < -0.39 is 12.2 Å². The molecule has 0 bridgehead atoms. The van der Waals surface area contributed by atoms with Gasteiger partial charge in [-0.15, -0.1) is 6.42 Å². The number of hydrogen-bond donors (Lipinski definition) is 3. The normalized spacial score (nSPS) is 18.3. The van der Waals surface area contributed by atoms with Crippen LogP contribution < -0.4 is 11.1 Å². The molecule has 0 radical (unpaired) electrons. The second kappa shape index (κ2) is 13.0. The monoisotopic (exact) mass is 623 g/mol.